The molecule has 2 atom stereocenters. The SMILES string of the molecule is CCCCC=C[Si]1(C)O[SiH2]O[SiH](C)O[Si](C)(C)O1. The molecular weight excluding hydrogens is 296 g/mol. The van der Waals surface area contributed by atoms with Crippen LogP contribution >= 0.6 is 0 Å². The van der Waals surface area contributed by atoms with Gasteiger partial charge in [0.25, 0.3) is 19.3 Å². The zero-order chi connectivity index (χ0) is 13.6. The largest absolute Gasteiger partial charge is 0.423 e. The third-order valence-corrected chi connectivity index (χ3v) is 15.9. The Morgan fingerprint density at radius 2 is 2.00 bits per heavy atom. The molecule has 2 unspecified atom stereocenters. The van der Waals surface area contributed by atoms with Gasteiger partial charge in [0.1, 0.15) is 0 Å². The first kappa shape index (κ1) is 16.5. The van der Waals surface area contributed by atoms with Crippen LogP contribution in [0.4, 0.5) is 0 Å². The summed E-state index contributed by atoms with van der Waals surface area (Å²) in [4.78, 5) is 0. The molecular formula is C10H26O4Si4. The van der Waals surface area contributed by atoms with Crippen molar-refractivity contribution in [2.24, 2.45) is 0 Å². The maximum Gasteiger partial charge on any atom is 0.343 e. The fourth-order valence-electron chi connectivity index (χ4n) is 1.92. The van der Waals surface area contributed by atoms with Crippen LogP contribution in [-0.2, 0) is 16.5 Å². The van der Waals surface area contributed by atoms with Gasteiger partial charge in [0, 0.05) is 0 Å². The average molecular weight is 323 g/mol. The molecule has 0 N–H and O–H groups in total. The quantitative estimate of drug-likeness (QED) is 0.586. The van der Waals surface area contributed by atoms with Crippen LogP contribution < -0.4 is 0 Å². The highest BCUT2D eigenvalue weighted by Gasteiger charge is 2.41. The van der Waals surface area contributed by atoms with E-state index in [-0.39, 0.29) is 0 Å². The van der Waals surface area contributed by atoms with Crippen LogP contribution in [0.3, 0.4) is 0 Å². The molecule has 1 aliphatic rings. The van der Waals surface area contributed by atoms with E-state index in [4.69, 9.17) is 16.5 Å². The molecule has 1 heterocycles. The third-order valence-electron chi connectivity index (χ3n) is 2.69. The van der Waals surface area contributed by atoms with Gasteiger partial charge in [0.05, 0.1) is 0 Å². The molecule has 1 rings (SSSR count). The van der Waals surface area contributed by atoms with Crippen LogP contribution in [0, 0.1) is 0 Å². The number of hydrogen-bond donors (Lipinski definition) is 0. The van der Waals surface area contributed by atoms with E-state index in [2.05, 4.69) is 44.9 Å². The minimum atomic E-state index is -2.22. The summed E-state index contributed by atoms with van der Waals surface area (Å²) in [6.07, 6.45) is 5.74. The van der Waals surface area contributed by atoms with E-state index in [1.54, 1.807) is 0 Å². The van der Waals surface area contributed by atoms with Gasteiger partial charge in [-0.1, -0.05) is 25.8 Å². The summed E-state index contributed by atoms with van der Waals surface area (Å²) in [7, 11) is -6.78. The summed E-state index contributed by atoms with van der Waals surface area (Å²) < 4.78 is 24.0. The van der Waals surface area contributed by atoms with E-state index in [9.17, 15) is 0 Å². The topological polar surface area (TPSA) is 36.9 Å². The van der Waals surface area contributed by atoms with Gasteiger partial charge >= 0.3 is 17.1 Å². The molecule has 0 amide bonds. The lowest BCUT2D eigenvalue weighted by Gasteiger charge is -2.37. The second-order valence-corrected chi connectivity index (χ2v) is 16.0. The second kappa shape index (κ2) is 7.29. The van der Waals surface area contributed by atoms with Crippen molar-refractivity contribution in [3.8, 4) is 0 Å². The molecule has 18 heavy (non-hydrogen) atoms. The summed E-state index contributed by atoms with van der Waals surface area (Å²) in [5.41, 5.74) is 2.16. The Labute approximate surface area is 117 Å². The molecule has 0 saturated carbocycles. The molecule has 1 saturated heterocycles. The molecule has 0 spiro atoms. The summed E-state index contributed by atoms with van der Waals surface area (Å²) in [5.74, 6) is 0. The summed E-state index contributed by atoms with van der Waals surface area (Å²) in [6.45, 7) is 10.5. The van der Waals surface area contributed by atoms with E-state index in [0.717, 1.165) is 6.42 Å². The normalized spacial score (nSPS) is 34.6. The Hall–Kier alpha value is 0.448. The number of hydrogen-bond acceptors (Lipinski definition) is 4. The number of allylic oxidation sites excluding steroid dienone is 1. The van der Waals surface area contributed by atoms with Crippen LogP contribution in [-0.4, -0.2) is 36.4 Å². The van der Waals surface area contributed by atoms with Crippen LogP contribution in [0.2, 0.25) is 26.2 Å². The minimum Gasteiger partial charge on any atom is -0.423 e. The summed E-state index contributed by atoms with van der Waals surface area (Å²) >= 11 is 0. The Kier molecular flexibility index (Phi) is 6.68. The fourth-order valence-corrected chi connectivity index (χ4v) is 15.1. The standard InChI is InChI=1S/C10H26O4Si4/c1-6-7-8-9-10-18(5)12-15-11-16(2)13-17(3,4)14-18/h9-10,16H,6-8,15H2,1-5H3. The molecule has 0 aliphatic carbocycles. The van der Waals surface area contributed by atoms with Crippen molar-refractivity contribution in [3.63, 3.8) is 0 Å². The van der Waals surface area contributed by atoms with Gasteiger partial charge in [-0.25, -0.2) is 0 Å². The number of unbranched alkanes of at least 4 members (excludes halogenated alkanes) is 2. The molecule has 1 aliphatic heterocycles. The third kappa shape index (κ3) is 6.06. The maximum absolute atomic E-state index is 6.25. The zero-order valence-corrected chi connectivity index (χ0v) is 16.8. The molecule has 4 nitrogen and oxygen atoms in total. The van der Waals surface area contributed by atoms with Crippen LogP contribution in [0.5, 0.6) is 0 Å². The van der Waals surface area contributed by atoms with Crippen molar-refractivity contribution in [1.29, 1.82) is 0 Å². The predicted octanol–water partition coefficient (Wildman–Crippen LogP) is 1.97. The average Bonchev–Trinajstić information content (AvgIpc) is 2.21. The Bertz CT molecular complexity index is 287. The second-order valence-electron chi connectivity index (χ2n) is 5.18. The Morgan fingerprint density at radius 1 is 1.28 bits per heavy atom. The smallest absolute Gasteiger partial charge is 0.343 e. The molecule has 0 radical (unpaired) electrons. The lowest BCUT2D eigenvalue weighted by Crippen LogP contribution is -2.55. The summed E-state index contributed by atoms with van der Waals surface area (Å²) in [6, 6.07) is 0. The van der Waals surface area contributed by atoms with Gasteiger partial charge in [-0.15, -0.1) is 0 Å². The van der Waals surface area contributed by atoms with Gasteiger partial charge in [-0.2, -0.15) is 0 Å². The molecule has 0 aromatic carbocycles. The first-order valence-electron chi connectivity index (χ1n) is 6.68. The van der Waals surface area contributed by atoms with Crippen molar-refractivity contribution in [2.45, 2.75) is 52.4 Å². The lowest BCUT2D eigenvalue weighted by molar-refractivity contribution is 0.278. The molecule has 1 fully saturated rings. The van der Waals surface area contributed by atoms with Crippen LogP contribution in [0.15, 0.2) is 11.8 Å². The van der Waals surface area contributed by atoms with Gasteiger partial charge in [0.15, 0.2) is 0 Å². The van der Waals surface area contributed by atoms with Gasteiger partial charge in [-0.3, -0.25) is 0 Å². The van der Waals surface area contributed by atoms with Crippen molar-refractivity contribution in [3.05, 3.63) is 11.8 Å². The lowest BCUT2D eigenvalue weighted by atomic mass is 10.2. The van der Waals surface area contributed by atoms with Gasteiger partial charge < -0.3 is 16.5 Å². The van der Waals surface area contributed by atoms with Gasteiger partial charge in [0.2, 0.25) is 0 Å². The van der Waals surface area contributed by atoms with Crippen LogP contribution in [0.1, 0.15) is 26.2 Å². The van der Waals surface area contributed by atoms with Crippen molar-refractivity contribution in [2.75, 3.05) is 0 Å². The van der Waals surface area contributed by atoms with Crippen LogP contribution in [0.25, 0.3) is 0 Å². The van der Waals surface area contributed by atoms with E-state index >= 15 is 0 Å². The molecule has 0 bridgehead atoms. The van der Waals surface area contributed by atoms with E-state index < -0.39 is 36.4 Å². The van der Waals surface area contributed by atoms with Crippen molar-refractivity contribution >= 4 is 36.4 Å². The first-order valence-corrected chi connectivity index (χ1v) is 15.1. The molecule has 0 aromatic heterocycles. The van der Waals surface area contributed by atoms with E-state index in [1.165, 1.54) is 12.8 Å². The molecule has 106 valence electrons. The predicted molar refractivity (Wildman–Crippen MR) is 83.7 cm³/mol. The highest BCUT2D eigenvalue weighted by molar-refractivity contribution is 6.87. The van der Waals surface area contributed by atoms with Crippen molar-refractivity contribution < 1.29 is 16.5 Å². The highest BCUT2D eigenvalue weighted by atomic mass is 28.5. The Morgan fingerprint density at radius 3 is 2.67 bits per heavy atom. The zero-order valence-electron chi connectivity index (χ0n) is 12.2. The fraction of sp³-hybridized carbons (Fsp3) is 0.800. The monoisotopic (exact) mass is 322 g/mol. The van der Waals surface area contributed by atoms with E-state index in [0.29, 0.717) is 0 Å². The molecule has 8 heteroatoms. The highest BCUT2D eigenvalue weighted by Crippen LogP contribution is 2.21. The maximum atomic E-state index is 6.25. The first-order chi connectivity index (χ1) is 8.37. The summed E-state index contributed by atoms with van der Waals surface area (Å²) in [5, 5.41) is 0. The van der Waals surface area contributed by atoms with Gasteiger partial charge in [-0.05, 0) is 38.3 Å². The minimum absolute atomic E-state index is 0.944. The number of rotatable bonds is 4. The van der Waals surface area contributed by atoms with Crippen molar-refractivity contribution in [1.82, 2.24) is 0 Å². The Balaban J connectivity index is 2.64. The molecule has 0 aromatic rings. The van der Waals surface area contributed by atoms with E-state index in [1.807, 2.05) is 0 Å².